The molecule has 5 nitrogen and oxygen atoms in total. The molecule has 0 aliphatic carbocycles. The van der Waals surface area contributed by atoms with Gasteiger partial charge in [0.15, 0.2) is 5.69 Å². The van der Waals surface area contributed by atoms with Gasteiger partial charge >= 0.3 is 0 Å². The monoisotopic (exact) mass is 391 g/mol. The van der Waals surface area contributed by atoms with Crippen LogP contribution >= 0.6 is 27.5 Å². The van der Waals surface area contributed by atoms with E-state index >= 15 is 0 Å². The second kappa shape index (κ2) is 6.14. The third-order valence-corrected chi connectivity index (χ3v) is 4.15. The molecular weight excluding hydrogens is 382 g/mol. The van der Waals surface area contributed by atoms with E-state index in [4.69, 9.17) is 11.6 Å². The number of amides is 1. The number of hydrogen-bond donors (Lipinski definition) is 1. The minimum absolute atomic E-state index is 0.0549. The number of halogens is 2. The maximum Gasteiger partial charge on any atom is 0.295 e. The first kappa shape index (κ1) is 15.7. The van der Waals surface area contributed by atoms with Crippen molar-refractivity contribution < 1.29 is 9.90 Å². The summed E-state index contributed by atoms with van der Waals surface area (Å²) >= 11 is 9.24. The first-order chi connectivity index (χ1) is 11.0. The fraction of sp³-hybridized carbons (Fsp3) is 0.0625. The Balaban J connectivity index is 2.03. The van der Waals surface area contributed by atoms with Crippen molar-refractivity contribution in [2.24, 2.45) is 17.3 Å². The molecule has 0 spiro atoms. The fourth-order valence-electron chi connectivity index (χ4n) is 2.26. The zero-order chi connectivity index (χ0) is 16.6. The van der Waals surface area contributed by atoms with Crippen molar-refractivity contribution >= 4 is 50.0 Å². The van der Waals surface area contributed by atoms with E-state index in [1.165, 1.54) is 6.07 Å². The molecule has 0 bridgehead atoms. The molecule has 23 heavy (non-hydrogen) atoms. The predicted molar refractivity (Wildman–Crippen MR) is 92.6 cm³/mol. The second-order valence-electron chi connectivity index (χ2n) is 4.91. The Bertz CT molecular complexity index is 950. The average Bonchev–Trinajstić information content (AvgIpc) is 2.76. The fourth-order valence-corrected chi connectivity index (χ4v) is 2.81. The Morgan fingerprint density at radius 3 is 2.78 bits per heavy atom. The first-order valence-corrected chi connectivity index (χ1v) is 7.83. The Kier molecular flexibility index (Phi) is 4.19. The third-order valence-electron chi connectivity index (χ3n) is 3.42. The summed E-state index contributed by atoms with van der Waals surface area (Å²) in [6, 6.07) is 12.0. The number of azo groups is 1. The zero-order valence-electron chi connectivity index (χ0n) is 12.0. The molecule has 0 radical (unpaired) electrons. The van der Waals surface area contributed by atoms with Crippen molar-refractivity contribution in [1.82, 2.24) is 4.57 Å². The first-order valence-electron chi connectivity index (χ1n) is 6.66. The van der Waals surface area contributed by atoms with Crippen LogP contribution in [0.2, 0.25) is 5.02 Å². The molecule has 3 rings (SSSR count). The highest BCUT2D eigenvalue weighted by atomic mass is 79.9. The summed E-state index contributed by atoms with van der Waals surface area (Å²) in [6.07, 6.45) is 0. The summed E-state index contributed by atoms with van der Waals surface area (Å²) in [5.41, 5.74) is 1.37. The second-order valence-corrected chi connectivity index (χ2v) is 6.26. The number of hydrogen-bond acceptors (Lipinski definition) is 3. The van der Waals surface area contributed by atoms with Crippen LogP contribution < -0.4 is 0 Å². The predicted octanol–water partition coefficient (Wildman–Crippen LogP) is 5.22. The lowest BCUT2D eigenvalue weighted by Crippen LogP contribution is -1.92. The van der Waals surface area contributed by atoms with Crippen molar-refractivity contribution in [3.63, 3.8) is 0 Å². The van der Waals surface area contributed by atoms with Gasteiger partial charge in [0.1, 0.15) is 0 Å². The van der Waals surface area contributed by atoms with Crippen molar-refractivity contribution in [2.75, 3.05) is 0 Å². The van der Waals surface area contributed by atoms with E-state index in [1.54, 1.807) is 29.8 Å². The standard InChI is InChI=1S/C16H11BrClN3O2/c1-21-13-6-5-10(17)8-12(13)14(16(21)23)19-20-15(22)9-3-2-4-11(18)7-9/h2-8,23H,1H3. The Labute approximate surface area is 145 Å². The summed E-state index contributed by atoms with van der Waals surface area (Å²) in [5, 5.41) is 19.0. The van der Waals surface area contributed by atoms with Crippen LogP contribution in [0.25, 0.3) is 10.9 Å². The minimum Gasteiger partial charge on any atom is -0.493 e. The molecule has 0 saturated heterocycles. The number of rotatable bonds is 2. The van der Waals surface area contributed by atoms with Crippen LogP contribution in [0.1, 0.15) is 10.4 Å². The number of aromatic nitrogens is 1. The molecule has 0 saturated carbocycles. The minimum atomic E-state index is -0.529. The summed E-state index contributed by atoms with van der Waals surface area (Å²) < 4.78 is 2.42. The molecule has 0 atom stereocenters. The molecule has 0 unspecified atom stereocenters. The molecule has 1 amide bonds. The van der Waals surface area contributed by atoms with E-state index in [0.29, 0.717) is 16.0 Å². The highest BCUT2D eigenvalue weighted by Gasteiger charge is 2.15. The van der Waals surface area contributed by atoms with Gasteiger partial charge in [-0.1, -0.05) is 33.6 Å². The molecule has 0 aliphatic rings. The highest BCUT2D eigenvalue weighted by Crippen LogP contribution is 2.39. The lowest BCUT2D eigenvalue weighted by Gasteiger charge is -1.96. The van der Waals surface area contributed by atoms with Gasteiger partial charge in [-0.2, -0.15) is 0 Å². The van der Waals surface area contributed by atoms with Crippen LogP contribution in [-0.2, 0) is 7.05 Å². The third kappa shape index (κ3) is 3.00. The van der Waals surface area contributed by atoms with Crippen LogP contribution in [0, 0.1) is 0 Å². The van der Waals surface area contributed by atoms with E-state index in [1.807, 2.05) is 18.2 Å². The van der Waals surface area contributed by atoms with Crippen molar-refractivity contribution in [1.29, 1.82) is 0 Å². The zero-order valence-corrected chi connectivity index (χ0v) is 14.3. The van der Waals surface area contributed by atoms with Crippen LogP contribution in [0.4, 0.5) is 5.69 Å². The van der Waals surface area contributed by atoms with E-state index in [0.717, 1.165) is 9.99 Å². The van der Waals surface area contributed by atoms with Crippen molar-refractivity contribution in [2.45, 2.75) is 0 Å². The normalized spacial score (nSPS) is 11.4. The topological polar surface area (TPSA) is 66.9 Å². The lowest BCUT2D eigenvalue weighted by molar-refractivity contribution is 0.0995. The number of aryl methyl sites for hydroxylation is 1. The molecule has 0 fully saturated rings. The molecule has 2 aromatic carbocycles. The Morgan fingerprint density at radius 1 is 1.26 bits per heavy atom. The maximum absolute atomic E-state index is 12.1. The number of fused-ring (bicyclic) bond motifs is 1. The number of nitrogens with zero attached hydrogens (tertiary/aromatic N) is 3. The van der Waals surface area contributed by atoms with Gasteiger partial charge < -0.3 is 9.67 Å². The molecular formula is C16H11BrClN3O2. The lowest BCUT2D eigenvalue weighted by atomic mass is 10.2. The SMILES string of the molecule is Cn1c(O)c(N=NC(=O)c2cccc(Cl)c2)c2cc(Br)ccc21. The molecule has 1 aromatic heterocycles. The molecule has 3 aromatic rings. The van der Waals surface area contributed by atoms with Gasteiger partial charge in [-0.3, -0.25) is 4.79 Å². The smallest absolute Gasteiger partial charge is 0.295 e. The van der Waals surface area contributed by atoms with E-state index in [2.05, 4.69) is 26.2 Å². The van der Waals surface area contributed by atoms with Gasteiger partial charge in [0.2, 0.25) is 5.88 Å². The largest absolute Gasteiger partial charge is 0.493 e. The average molecular weight is 393 g/mol. The van der Waals surface area contributed by atoms with Crippen molar-refractivity contribution in [3.8, 4) is 5.88 Å². The Hall–Kier alpha value is -2.18. The van der Waals surface area contributed by atoms with Gasteiger partial charge in [-0.05, 0) is 36.4 Å². The van der Waals surface area contributed by atoms with Gasteiger partial charge in [0, 0.05) is 27.5 Å². The highest BCUT2D eigenvalue weighted by molar-refractivity contribution is 9.10. The van der Waals surface area contributed by atoms with Crippen LogP contribution in [0.15, 0.2) is 57.2 Å². The van der Waals surface area contributed by atoms with Gasteiger partial charge in [-0.25, -0.2) is 0 Å². The maximum atomic E-state index is 12.1. The quantitative estimate of drug-likeness (QED) is 0.607. The molecule has 7 heteroatoms. The van der Waals surface area contributed by atoms with E-state index in [-0.39, 0.29) is 11.6 Å². The van der Waals surface area contributed by atoms with E-state index in [9.17, 15) is 9.90 Å². The summed E-state index contributed by atoms with van der Waals surface area (Å²) in [4.78, 5) is 12.1. The summed E-state index contributed by atoms with van der Waals surface area (Å²) in [6.45, 7) is 0. The number of aromatic hydroxyl groups is 1. The van der Waals surface area contributed by atoms with Crippen molar-refractivity contribution in [3.05, 3.63) is 57.5 Å². The summed E-state index contributed by atoms with van der Waals surface area (Å²) in [7, 11) is 1.71. The van der Waals surface area contributed by atoms with Gasteiger partial charge in [0.05, 0.1) is 5.52 Å². The number of benzene rings is 2. The molecule has 116 valence electrons. The van der Waals surface area contributed by atoms with E-state index < -0.39 is 5.91 Å². The van der Waals surface area contributed by atoms with Crippen LogP contribution in [0.3, 0.4) is 0 Å². The van der Waals surface area contributed by atoms with Crippen LogP contribution in [0.5, 0.6) is 5.88 Å². The summed E-state index contributed by atoms with van der Waals surface area (Å²) in [5.74, 6) is -0.584. The number of carbonyl (C=O) groups is 1. The molecule has 1 heterocycles. The van der Waals surface area contributed by atoms with Gasteiger partial charge in [-0.15, -0.1) is 10.2 Å². The number of carbonyl (C=O) groups excluding carboxylic acids is 1. The van der Waals surface area contributed by atoms with Crippen LogP contribution in [-0.4, -0.2) is 15.6 Å². The van der Waals surface area contributed by atoms with Gasteiger partial charge in [0.25, 0.3) is 5.91 Å². The Morgan fingerprint density at radius 2 is 2.04 bits per heavy atom. The molecule has 1 N–H and O–H groups in total. The molecule has 0 aliphatic heterocycles.